The molecule has 212 valence electrons. The van der Waals surface area contributed by atoms with E-state index < -0.39 is 26.6 Å². The fourth-order valence-corrected chi connectivity index (χ4v) is 11.8. The molecule has 1 saturated heterocycles. The molecule has 0 amide bonds. The van der Waals surface area contributed by atoms with Gasteiger partial charge in [0.2, 0.25) is 8.32 Å². The summed E-state index contributed by atoms with van der Waals surface area (Å²) in [5, 5.41) is 11.7. The van der Waals surface area contributed by atoms with Crippen molar-refractivity contribution >= 4 is 8.32 Å². The second-order valence-corrected chi connectivity index (χ2v) is 16.9. The number of aliphatic hydroxyl groups is 1. The van der Waals surface area contributed by atoms with Crippen molar-refractivity contribution < 1.29 is 28.5 Å². The van der Waals surface area contributed by atoms with E-state index >= 15 is 0 Å². The third-order valence-corrected chi connectivity index (χ3v) is 14.2. The Balaban J connectivity index is 2.54. The van der Waals surface area contributed by atoms with E-state index in [1.807, 2.05) is 43.3 Å². The summed E-state index contributed by atoms with van der Waals surface area (Å²) in [6, 6.07) is 10.1. The zero-order valence-corrected chi connectivity index (χ0v) is 25.6. The van der Waals surface area contributed by atoms with Gasteiger partial charge in [0, 0.05) is 18.9 Å². The molecule has 0 aromatic heterocycles. The molecule has 1 aromatic carbocycles. The highest BCUT2D eigenvalue weighted by Crippen LogP contribution is 2.45. The van der Waals surface area contributed by atoms with Crippen molar-refractivity contribution in [2.75, 3.05) is 20.5 Å². The minimum atomic E-state index is -2.29. The van der Waals surface area contributed by atoms with E-state index in [2.05, 4.69) is 55.0 Å². The lowest BCUT2D eigenvalue weighted by atomic mass is 9.88. The molecule has 1 heterocycles. The fourth-order valence-electron chi connectivity index (χ4n) is 6.18. The minimum Gasteiger partial charge on any atom is -0.410 e. The molecule has 1 N–H and O–H groups in total. The minimum absolute atomic E-state index is 0.0870. The first-order valence-corrected chi connectivity index (χ1v) is 16.0. The van der Waals surface area contributed by atoms with E-state index in [0.717, 1.165) is 5.56 Å². The molecule has 0 spiro atoms. The second kappa shape index (κ2) is 14.9. The van der Waals surface area contributed by atoms with E-state index in [0.29, 0.717) is 29.8 Å². The van der Waals surface area contributed by atoms with Gasteiger partial charge in [0.25, 0.3) is 0 Å². The fraction of sp³-hybridized carbons (Fsp3) is 0.733. The van der Waals surface area contributed by atoms with E-state index in [1.165, 1.54) is 0 Å². The predicted octanol–water partition coefficient (Wildman–Crippen LogP) is 6.34. The van der Waals surface area contributed by atoms with Crippen LogP contribution in [0, 0.1) is 11.8 Å². The van der Waals surface area contributed by atoms with Crippen LogP contribution in [0.1, 0.15) is 61.0 Å². The van der Waals surface area contributed by atoms with Crippen molar-refractivity contribution in [1.82, 2.24) is 0 Å². The number of hydrogen-bond donors (Lipinski definition) is 1. The Bertz CT molecular complexity index is 764. The highest BCUT2D eigenvalue weighted by atomic mass is 28.4. The van der Waals surface area contributed by atoms with Crippen molar-refractivity contribution in [2.45, 2.75) is 109 Å². The number of rotatable bonds is 14. The quantitative estimate of drug-likeness (QED) is 0.130. The van der Waals surface area contributed by atoms with Crippen LogP contribution in [0.2, 0.25) is 16.6 Å². The zero-order chi connectivity index (χ0) is 27.8. The number of aliphatic hydroxyl groups excluding tert-OH is 1. The topological polar surface area (TPSA) is 66.4 Å². The van der Waals surface area contributed by atoms with E-state index in [1.54, 1.807) is 7.11 Å². The molecule has 6 nitrogen and oxygen atoms in total. The zero-order valence-electron chi connectivity index (χ0n) is 24.6. The molecular formula is C30H52O6Si. The predicted molar refractivity (Wildman–Crippen MR) is 152 cm³/mol. The van der Waals surface area contributed by atoms with Gasteiger partial charge in [-0.15, -0.1) is 6.58 Å². The maximum absolute atomic E-state index is 11.7. The van der Waals surface area contributed by atoms with Crippen LogP contribution in [-0.4, -0.2) is 64.5 Å². The Morgan fingerprint density at radius 2 is 1.59 bits per heavy atom. The smallest absolute Gasteiger partial charge is 0.200 e. The molecule has 1 aliphatic heterocycles. The Morgan fingerprint density at radius 3 is 2.11 bits per heavy atom. The first-order valence-electron chi connectivity index (χ1n) is 13.9. The van der Waals surface area contributed by atoms with E-state index in [9.17, 15) is 5.11 Å². The largest absolute Gasteiger partial charge is 0.410 e. The summed E-state index contributed by atoms with van der Waals surface area (Å²) in [6.07, 6.45) is -0.703. The average Bonchev–Trinajstić information content (AvgIpc) is 2.95. The lowest BCUT2D eigenvalue weighted by Gasteiger charge is -2.47. The van der Waals surface area contributed by atoms with Crippen LogP contribution in [0.15, 0.2) is 43.0 Å². The molecule has 0 bridgehead atoms. The average molecular weight is 537 g/mol. The maximum Gasteiger partial charge on any atom is 0.200 e. The Kier molecular flexibility index (Phi) is 13.0. The standard InChI is InChI=1S/C30H52O6Si/c1-11-23(8)28-27(31)30(34-17-25-15-13-12-14-16-25)24(9)29(26(35-28)18-33-19-32-10)36-37(20(2)3,21(4)5)22(6)7/h11-16,20-24,26-31H,1,17-19H2,2-10H3/t23-,24+,26-,27+,28+,29+,30-/m0/s1. The van der Waals surface area contributed by atoms with E-state index in [-0.39, 0.29) is 30.8 Å². The highest BCUT2D eigenvalue weighted by Gasteiger charge is 2.53. The van der Waals surface area contributed by atoms with Crippen LogP contribution in [0.25, 0.3) is 0 Å². The van der Waals surface area contributed by atoms with Crippen molar-refractivity contribution in [2.24, 2.45) is 11.8 Å². The molecule has 0 radical (unpaired) electrons. The molecule has 0 saturated carbocycles. The van der Waals surface area contributed by atoms with E-state index in [4.69, 9.17) is 23.4 Å². The molecule has 37 heavy (non-hydrogen) atoms. The monoisotopic (exact) mass is 536 g/mol. The van der Waals surface area contributed by atoms with Gasteiger partial charge in [0.05, 0.1) is 31.5 Å². The van der Waals surface area contributed by atoms with Gasteiger partial charge in [-0.3, -0.25) is 0 Å². The molecule has 7 atom stereocenters. The molecule has 2 rings (SSSR count). The highest BCUT2D eigenvalue weighted by molar-refractivity contribution is 6.77. The summed E-state index contributed by atoms with van der Waals surface area (Å²) in [4.78, 5) is 0. The van der Waals surface area contributed by atoms with Crippen LogP contribution in [0.4, 0.5) is 0 Å². The van der Waals surface area contributed by atoms with Crippen molar-refractivity contribution in [3.05, 3.63) is 48.6 Å². The van der Waals surface area contributed by atoms with Crippen molar-refractivity contribution in [3.63, 3.8) is 0 Å². The van der Waals surface area contributed by atoms with Crippen LogP contribution in [-0.2, 0) is 30.0 Å². The molecule has 0 aliphatic carbocycles. The molecule has 7 heteroatoms. The summed E-state index contributed by atoms with van der Waals surface area (Å²) in [5.41, 5.74) is 2.27. The van der Waals surface area contributed by atoms with Gasteiger partial charge in [-0.2, -0.15) is 0 Å². The van der Waals surface area contributed by atoms with Gasteiger partial charge in [0.1, 0.15) is 19.0 Å². The lowest BCUT2D eigenvalue weighted by Crippen LogP contribution is -2.56. The molecule has 1 fully saturated rings. The third-order valence-electron chi connectivity index (χ3n) is 8.11. The Morgan fingerprint density at radius 1 is 1.00 bits per heavy atom. The Labute approximate surface area is 226 Å². The third kappa shape index (κ3) is 7.75. The first-order chi connectivity index (χ1) is 17.5. The van der Waals surface area contributed by atoms with Crippen LogP contribution in [0.5, 0.6) is 0 Å². The number of ether oxygens (including phenoxy) is 4. The molecule has 0 unspecified atom stereocenters. The summed E-state index contributed by atoms with van der Waals surface area (Å²) >= 11 is 0. The summed E-state index contributed by atoms with van der Waals surface area (Å²) in [7, 11) is -0.679. The molecular weight excluding hydrogens is 484 g/mol. The van der Waals surface area contributed by atoms with Crippen LogP contribution < -0.4 is 0 Å². The van der Waals surface area contributed by atoms with Gasteiger partial charge >= 0.3 is 0 Å². The number of benzene rings is 1. The van der Waals surface area contributed by atoms with Gasteiger partial charge in [-0.25, -0.2) is 0 Å². The normalized spacial score (nSPS) is 28.0. The van der Waals surface area contributed by atoms with Gasteiger partial charge in [0.15, 0.2) is 0 Å². The molecule has 1 aromatic rings. The SMILES string of the molecule is C=C[C@H](C)[C@H]1O[C@@H](COCOC)[C@H](O[Si](C(C)C)(C(C)C)C(C)C)[C@@H](C)[C@H](OCc2ccccc2)[C@@H]1O. The second-order valence-electron chi connectivity index (χ2n) is 11.5. The Hall–Kier alpha value is -1.06. The maximum atomic E-state index is 11.7. The van der Waals surface area contributed by atoms with Gasteiger partial charge in [-0.05, 0) is 22.2 Å². The van der Waals surface area contributed by atoms with Crippen LogP contribution >= 0.6 is 0 Å². The van der Waals surface area contributed by atoms with Crippen LogP contribution in [0.3, 0.4) is 0 Å². The van der Waals surface area contributed by atoms with Gasteiger partial charge in [-0.1, -0.05) is 91.8 Å². The number of methoxy groups -OCH3 is 1. The summed E-state index contributed by atoms with van der Waals surface area (Å²) < 4.78 is 31.6. The summed E-state index contributed by atoms with van der Waals surface area (Å²) in [6.45, 7) is 22.7. The van der Waals surface area contributed by atoms with Crippen molar-refractivity contribution in [3.8, 4) is 0 Å². The summed E-state index contributed by atoms with van der Waals surface area (Å²) in [5.74, 6) is -0.226. The molecule has 1 aliphatic rings. The lowest BCUT2D eigenvalue weighted by molar-refractivity contribution is -0.153. The number of hydrogen-bond acceptors (Lipinski definition) is 6. The first kappa shape index (κ1) is 32.2. The van der Waals surface area contributed by atoms with Gasteiger partial charge < -0.3 is 28.5 Å². The van der Waals surface area contributed by atoms with Crippen molar-refractivity contribution in [1.29, 1.82) is 0 Å².